The lowest BCUT2D eigenvalue weighted by atomic mass is 9.40. The zero-order valence-corrected chi connectivity index (χ0v) is 23.0. The Morgan fingerprint density at radius 1 is 0.882 bits per heavy atom. The largest absolute Gasteiger partial charge is 0.481 e. The van der Waals surface area contributed by atoms with Crippen LogP contribution in [0, 0.1) is 62.6 Å². The van der Waals surface area contributed by atoms with E-state index in [1.807, 2.05) is 6.92 Å². The molecule has 5 saturated carbocycles. The summed E-state index contributed by atoms with van der Waals surface area (Å²) in [6, 6.07) is 0. The fourth-order valence-electron chi connectivity index (χ4n) is 11.8. The highest BCUT2D eigenvalue weighted by Crippen LogP contribution is 2.90. The first-order valence-corrected chi connectivity index (χ1v) is 14.8. The van der Waals surface area contributed by atoms with E-state index in [0.717, 1.165) is 37.0 Å². The molecule has 194 valence electrons. The first-order chi connectivity index (χ1) is 15.9. The number of aliphatic hydroxyl groups is 1. The Morgan fingerprint density at radius 2 is 1.59 bits per heavy atom. The fourth-order valence-corrected chi connectivity index (χ4v) is 11.8. The number of carboxylic acid groups (broad SMARTS) is 1. The molecule has 5 rings (SSSR count). The van der Waals surface area contributed by atoms with Gasteiger partial charge in [-0.2, -0.15) is 0 Å². The minimum atomic E-state index is -0.606. The predicted molar refractivity (Wildman–Crippen MR) is 137 cm³/mol. The summed E-state index contributed by atoms with van der Waals surface area (Å²) >= 11 is 0. The van der Waals surface area contributed by atoms with Crippen LogP contribution in [0.3, 0.4) is 0 Å². The van der Waals surface area contributed by atoms with Crippen LogP contribution in [0.2, 0.25) is 0 Å². The van der Waals surface area contributed by atoms with Gasteiger partial charge in [0.1, 0.15) is 0 Å². The molecule has 2 spiro atoms. The maximum absolute atomic E-state index is 12.5. The summed E-state index contributed by atoms with van der Waals surface area (Å²) in [4.78, 5) is 12.5. The summed E-state index contributed by atoms with van der Waals surface area (Å²) in [5, 5.41) is 20.8. The van der Waals surface area contributed by atoms with Gasteiger partial charge in [-0.3, -0.25) is 4.79 Å². The SMILES string of the molecule is CC(C)CCC[C@@H](C)[C@H]1CC[C@@]2(C)[C@@H]3CC[C@H]4[C@](C)(C(=O)O)CCC(CO)[C@@]45C[C@@]35CC[C@]12C. The van der Waals surface area contributed by atoms with E-state index in [-0.39, 0.29) is 17.9 Å². The van der Waals surface area contributed by atoms with E-state index in [0.29, 0.717) is 28.1 Å². The third-order valence-corrected chi connectivity index (χ3v) is 13.7. The van der Waals surface area contributed by atoms with Crippen LogP contribution in [0.5, 0.6) is 0 Å². The number of carboxylic acids is 1. The lowest BCUT2D eigenvalue weighted by molar-refractivity contribution is -0.181. The molecule has 1 unspecified atom stereocenters. The van der Waals surface area contributed by atoms with Crippen molar-refractivity contribution < 1.29 is 15.0 Å². The lowest BCUT2D eigenvalue weighted by Gasteiger charge is -2.63. The predicted octanol–water partition coefficient (Wildman–Crippen LogP) is 7.56. The van der Waals surface area contributed by atoms with Crippen LogP contribution in [0.4, 0.5) is 0 Å². The maximum atomic E-state index is 12.5. The fraction of sp³-hybridized carbons (Fsp3) is 0.968. The number of carbonyl (C=O) groups is 1. The van der Waals surface area contributed by atoms with Gasteiger partial charge >= 0.3 is 5.97 Å². The monoisotopic (exact) mass is 472 g/mol. The summed E-state index contributed by atoms with van der Waals surface area (Å²) in [5.41, 5.74) is 0.556. The standard InChI is InChI=1S/C31H52O3/c1-20(2)8-7-9-21(3)23-13-15-29(6)25-11-10-24-27(4,26(33)34)14-12-22(18-32)31(24)19-30(25,31)17-16-28(23,29)5/h20-25,32H,7-19H2,1-6H3,(H,33,34)/t21-,22?,23-,24+,25+,27-,28-,29+,30+,31+/m1/s1. The molecule has 0 aromatic carbocycles. The van der Waals surface area contributed by atoms with E-state index in [2.05, 4.69) is 34.6 Å². The molecule has 2 N–H and O–H groups in total. The highest BCUT2D eigenvalue weighted by atomic mass is 16.4. The number of aliphatic hydroxyl groups excluding tert-OH is 1. The van der Waals surface area contributed by atoms with Gasteiger partial charge in [0, 0.05) is 6.61 Å². The molecule has 5 aliphatic rings. The van der Waals surface area contributed by atoms with Crippen molar-refractivity contribution in [1.82, 2.24) is 0 Å². The molecule has 0 amide bonds. The Morgan fingerprint density at radius 3 is 2.24 bits per heavy atom. The Hall–Kier alpha value is -0.570. The smallest absolute Gasteiger partial charge is 0.309 e. The van der Waals surface area contributed by atoms with E-state index >= 15 is 0 Å². The summed E-state index contributed by atoms with van der Waals surface area (Å²) < 4.78 is 0. The van der Waals surface area contributed by atoms with Crippen molar-refractivity contribution in [2.24, 2.45) is 62.6 Å². The maximum Gasteiger partial charge on any atom is 0.309 e. The molecule has 3 heteroatoms. The summed E-state index contributed by atoms with van der Waals surface area (Å²) in [6.45, 7) is 14.8. The minimum Gasteiger partial charge on any atom is -0.481 e. The second-order valence-electron chi connectivity index (χ2n) is 15.0. The highest BCUT2D eigenvalue weighted by Gasteiger charge is 2.84. The summed E-state index contributed by atoms with van der Waals surface area (Å²) in [7, 11) is 0. The van der Waals surface area contributed by atoms with E-state index in [1.165, 1.54) is 57.8 Å². The van der Waals surface area contributed by atoms with Gasteiger partial charge in [-0.15, -0.1) is 0 Å². The molecule has 0 aliphatic heterocycles. The number of hydrogen-bond donors (Lipinski definition) is 2. The van der Waals surface area contributed by atoms with Crippen molar-refractivity contribution in [3.8, 4) is 0 Å². The van der Waals surface area contributed by atoms with Crippen LogP contribution in [-0.2, 0) is 4.79 Å². The first-order valence-electron chi connectivity index (χ1n) is 14.8. The summed E-state index contributed by atoms with van der Waals surface area (Å²) in [5.74, 6) is 3.13. The van der Waals surface area contributed by atoms with Gasteiger partial charge in [0.05, 0.1) is 5.41 Å². The molecule has 0 saturated heterocycles. The molecule has 34 heavy (non-hydrogen) atoms. The average molecular weight is 473 g/mol. The number of aliphatic carboxylic acids is 1. The van der Waals surface area contributed by atoms with Crippen LogP contribution >= 0.6 is 0 Å². The molecule has 0 heterocycles. The van der Waals surface area contributed by atoms with Crippen molar-refractivity contribution in [1.29, 1.82) is 0 Å². The van der Waals surface area contributed by atoms with Crippen LogP contribution in [0.15, 0.2) is 0 Å². The first kappa shape index (κ1) is 25.1. The van der Waals surface area contributed by atoms with Crippen LogP contribution in [-0.4, -0.2) is 22.8 Å². The van der Waals surface area contributed by atoms with Gasteiger partial charge in [-0.25, -0.2) is 0 Å². The van der Waals surface area contributed by atoms with E-state index in [1.54, 1.807) is 0 Å². The Balaban J connectivity index is 1.44. The van der Waals surface area contributed by atoms with Gasteiger partial charge in [-0.05, 0) is 122 Å². The quantitative estimate of drug-likeness (QED) is 0.402. The Bertz CT molecular complexity index is 821. The Kier molecular flexibility index (Phi) is 5.88. The molecule has 0 radical (unpaired) electrons. The van der Waals surface area contributed by atoms with E-state index in [9.17, 15) is 15.0 Å². The highest BCUT2D eigenvalue weighted by molar-refractivity contribution is 5.75. The van der Waals surface area contributed by atoms with Gasteiger partial charge in [0.25, 0.3) is 0 Å². The molecule has 5 aliphatic carbocycles. The van der Waals surface area contributed by atoms with Crippen LogP contribution in [0.25, 0.3) is 0 Å². The molecule has 10 atom stereocenters. The molecule has 5 fully saturated rings. The van der Waals surface area contributed by atoms with Crippen molar-refractivity contribution >= 4 is 5.97 Å². The number of rotatable bonds is 7. The number of fused-ring (bicyclic) bond motifs is 2. The lowest BCUT2D eigenvalue weighted by Crippen LogP contribution is -2.59. The molecular weight excluding hydrogens is 420 g/mol. The van der Waals surface area contributed by atoms with Crippen molar-refractivity contribution in [3.05, 3.63) is 0 Å². The third kappa shape index (κ3) is 2.94. The van der Waals surface area contributed by atoms with E-state index in [4.69, 9.17) is 0 Å². The second kappa shape index (κ2) is 7.96. The zero-order chi connectivity index (χ0) is 24.7. The second-order valence-corrected chi connectivity index (χ2v) is 15.0. The normalized spacial score (nSPS) is 52.4. The minimum absolute atomic E-state index is 0.0847. The third-order valence-electron chi connectivity index (χ3n) is 13.7. The summed E-state index contributed by atoms with van der Waals surface area (Å²) in [6.07, 6.45) is 14.5. The molecule has 0 bridgehead atoms. The molecule has 3 nitrogen and oxygen atoms in total. The van der Waals surface area contributed by atoms with Crippen molar-refractivity contribution in [3.63, 3.8) is 0 Å². The van der Waals surface area contributed by atoms with Gasteiger partial charge < -0.3 is 10.2 Å². The number of hydrogen-bond acceptors (Lipinski definition) is 2. The van der Waals surface area contributed by atoms with Gasteiger partial charge in [0.15, 0.2) is 0 Å². The van der Waals surface area contributed by atoms with E-state index < -0.39 is 11.4 Å². The van der Waals surface area contributed by atoms with Crippen LogP contribution in [0.1, 0.15) is 119 Å². The van der Waals surface area contributed by atoms with Crippen molar-refractivity contribution in [2.75, 3.05) is 6.61 Å². The van der Waals surface area contributed by atoms with Crippen molar-refractivity contribution in [2.45, 2.75) is 119 Å². The average Bonchev–Trinajstić information content (AvgIpc) is 3.37. The van der Waals surface area contributed by atoms with Crippen LogP contribution < -0.4 is 0 Å². The zero-order valence-electron chi connectivity index (χ0n) is 23.0. The van der Waals surface area contributed by atoms with Gasteiger partial charge in [-0.1, -0.05) is 53.9 Å². The molecule has 0 aromatic rings. The Labute approximate surface area is 208 Å². The molecular formula is C31H52O3. The van der Waals surface area contributed by atoms with Gasteiger partial charge in [0.2, 0.25) is 0 Å². The molecule has 0 aromatic heterocycles. The topological polar surface area (TPSA) is 57.5 Å².